The predicted octanol–water partition coefficient (Wildman–Crippen LogP) is 7.32. The SMILES string of the molecule is Cc1nc2cc(-c3ccccc3)cc3c(C)nc4cc(-c5ccccc5)cc1c4c23. The third kappa shape index (κ3) is 2.50. The molecule has 0 fully saturated rings. The average Bonchev–Trinajstić information content (AvgIpc) is 2.79. The van der Waals surface area contributed by atoms with Gasteiger partial charge in [0.25, 0.3) is 0 Å². The number of rotatable bonds is 2. The van der Waals surface area contributed by atoms with Crippen LogP contribution in [0, 0.1) is 13.8 Å². The average molecular weight is 384 g/mol. The van der Waals surface area contributed by atoms with Crippen molar-refractivity contribution < 1.29 is 0 Å². The van der Waals surface area contributed by atoms with Crippen LogP contribution in [0.5, 0.6) is 0 Å². The highest BCUT2D eigenvalue weighted by Crippen LogP contribution is 2.39. The zero-order chi connectivity index (χ0) is 20.2. The number of hydrogen-bond donors (Lipinski definition) is 0. The summed E-state index contributed by atoms with van der Waals surface area (Å²) >= 11 is 0. The Morgan fingerprint density at radius 3 is 1.27 bits per heavy atom. The summed E-state index contributed by atoms with van der Waals surface area (Å²) in [5, 5.41) is 4.81. The van der Waals surface area contributed by atoms with Gasteiger partial charge in [-0.05, 0) is 60.4 Å². The lowest BCUT2D eigenvalue weighted by molar-refractivity contribution is 1.26. The molecule has 2 nitrogen and oxygen atoms in total. The van der Waals surface area contributed by atoms with Crippen LogP contribution in [0.4, 0.5) is 0 Å². The molecule has 0 atom stereocenters. The lowest BCUT2D eigenvalue weighted by atomic mass is 9.92. The molecule has 142 valence electrons. The van der Waals surface area contributed by atoms with E-state index in [9.17, 15) is 0 Å². The van der Waals surface area contributed by atoms with E-state index in [1.54, 1.807) is 0 Å². The Morgan fingerprint density at radius 2 is 0.867 bits per heavy atom. The van der Waals surface area contributed by atoms with Crippen molar-refractivity contribution in [2.45, 2.75) is 13.8 Å². The number of benzene rings is 4. The molecule has 0 saturated carbocycles. The first-order valence-electron chi connectivity index (χ1n) is 10.3. The second-order valence-corrected chi connectivity index (χ2v) is 7.96. The summed E-state index contributed by atoms with van der Waals surface area (Å²) in [7, 11) is 0. The fourth-order valence-corrected chi connectivity index (χ4v) is 4.60. The first-order chi connectivity index (χ1) is 14.7. The Hall–Kier alpha value is -3.78. The first kappa shape index (κ1) is 17.1. The second kappa shape index (κ2) is 6.36. The Labute approximate surface area is 175 Å². The third-order valence-corrected chi connectivity index (χ3v) is 6.06. The van der Waals surface area contributed by atoms with E-state index in [4.69, 9.17) is 9.97 Å². The standard InChI is InChI=1S/C28H20N2/c1-17-23-13-21(19-9-5-3-6-10-19)16-26-27(23)28-24(18(2)30-26)14-22(15-25(28)29-17)20-11-7-4-8-12-20/h3-16H,1-2H3. The summed E-state index contributed by atoms with van der Waals surface area (Å²) in [6.45, 7) is 4.21. The van der Waals surface area contributed by atoms with Crippen LogP contribution in [0.15, 0.2) is 84.9 Å². The molecule has 0 amide bonds. The van der Waals surface area contributed by atoms with Gasteiger partial charge in [-0.2, -0.15) is 0 Å². The molecule has 6 aromatic rings. The normalized spacial score (nSPS) is 11.7. The van der Waals surface area contributed by atoms with Crippen LogP contribution >= 0.6 is 0 Å². The molecule has 0 spiro atoms. The highest BCUT2D eigenvalue weighted by Gasteiger charge is 2.17. The Balaban J connectivity index is 1.73. The van der Waals surface area contributed by atoms with E-state index in [2.05, 4.69) is 86.6 Å². The van der Waals surface area contributed by atoms with Gasteiger partial charge in [0.05, 0.1) is 11.0 Å². The molecule has 0 saturated heterocycles. The zero-order valence-corrected chi connectivity index (χ0v) is 17.0. The van der Waals surface area contributed by atoms with E-state index < -0.39 is 0 Å². The number of pyridine rings is 2. The van der Waals surface area contributed by atoms with Crippen molar-refractivity contribution in [2.75, 3.05) is 0 Å². The predicted molar refractivity (Wildman–Crippen MR) is 126 cm³/mol. The molecule has 2 aromatic heterocycles. The van der Waals surface area contributed by atoms with Crippen LogP contribution in [0.2, 0.25) is 0 Å². The molecular weight excluding hydrogens is 364 g/mol. The van der Waals surface area contributed by atoms with Crippen molar-refractivity contribution in [3.63, 3.8) is 0 Å². The van der Waals surface area contributed by atoms with Crippen molar-refractivity contribution in [3.8, 4) is 22.3 Å². The van der Waals surface area contributed by atoms with E-state index in [-0.39, 0.29) is 0 Å². The van der Waals surface area contributed by atoms with Gasteiger partial charge in [-0.3, -0.25) is 9.97 Å². The van der Waals surface area contributed by atoms with Gasteiger partial charge in [0.1, 0.15) is 0 Å². The second-order valence-electron chi connectivity index (χ2n) is 7.96. The van der Waals surface area contributed by atoms with Gasteiger partial charge in [-0.25, -0.2) is 0 Å². The molecule has 30 heavy (non-hydrogen) atoms. The molecule has 0 N–H and O–H groups in total. The van der Waals surface area contributed by atoms with Crippen LogP contribution < -0.4 is 0 Å². The van der Waals surface area contributed by atoms with Gasteiger partial charge in [-0.15, -0.1) is 0 Å². The van der Waals surface area contributed by atoms with Crippen molar-refractivity contribution >= 4 is 32.6 Å². The van der Waals surface area contributed by atoms with E-state index in [1.807, 2.05) is 12.1 Å². The summed E-state index contributed by atoms with van der Waals surface area (Å²) in [4.78, 5) is 10.1. The summed E-state index contributed by atoms with van der Waals surface area (Å²) in [5.74, 6) is 0. The maximum absolute atomic E-state index is 5.04. The fraction of sp³-hybridized carbons (Fsp3) is 0.0714. The van der Waals surface area contributed by atoms with Crippen LogP contribution in [-0.2, 0) is 0 Å². The number of hydrogen-bond acceptors (Lipinski definition) is 2. The minimum Gasteiger partial charge on any atom is -0.252 e. The molecule has 2 heteroatoms. The molecular formula is C28H20N2. The van der Waals surface area contributed by atoms with Crippen molar-refractivity contribution in [2.24, 2.45) is 0 Å². The molecule has 6 rings (SSSR count). The first-order valence-corrected chi connectivity index (χ1v) is 10.3. The molecule has 0 aliphatic carbocycles. The number of nitrogens with zero attached hydrogens (tertiary/aromatic N) is 2. The van der Waals surface area contributed by atoms with Crippen molar-refractivity contribution in [1.29, 1.82) is 0 Å². The zero-order valence-electron chi connectivity index (χ0n) is 17.0. The van der Waals surface area contributed by atoms with Crippen LogP contribution in [-0.4, -0.2) is 9.97 Å². The van der Waals surface area contributed by atoms with Crippen LogP contribution in [0.1, 0.15) is 11.4 Å². The van der Waals surface area contributed by atoms with E-state index in [1.165, 1.54) is 43.8 Å². The third-order valence-electron chi connectivity index (χ3n) is 6.06. The van der Waals surface area contributed by atoms with Gasteiger partial charge in [0.15, 0.2) is 0 Å². The van der Waals surface area contributed by atoms with Crippen molar-refractivity contribution in [3.05, 3.63) is 96.3 Å². The number of aromatic nitrogens is 2. The van der Waals surface area contributed by atoms with Gasteiger partial charge < -0.3 is 0 Å². The highest BCUT2D eigenvalue weighted by atomic mass is 14.7. The highest BCUT2D eigenvalue weighted by molar-refractivity contribution is 6.23. The van der Waals surface area contributed by atoms with Gasteiger partial charge >= 0.3 is 0 Å². The maximum Gasteiger partial charge on any atom is 0.0725 e. The Kier molecular flexibility index (Phi) is 3.63. The van der Waals surface area contributed by atoms with Crippen LogP contribution in [0.25, 0.3) is 54.8 Å². The molecule has 0 aliphatic heterocycles. The van der Waals surface area contributed by atoms with E-state index >= 15 is 0 Å². The molecule has 0 bridgehead atoms. The topological polar surface area (TPSA) is 25.8 Å². The molecule has 0 unspecified atom stereocenters. The maximum atomic E-state index is 5.04. The van der Waals surface area contributed by atoms with Gasteiger partial charge in [0, 0.05) is 32.9 Å². The summed E-state index contributed by atoms with van der Waals surface area (Å²) < 4.78 is 0. The molecule has 4 aromatic carbocycles. The van der Waals surface area contributed by atoms with Gasteiger partial charge in [-0.1, -0.05) is 60.7 Å². The summed E-state index contributed by atoms with van der Waals surface area (Å²) in [6, 6.07) is 30.0. The lowest BCUT2D eigenvalue weighted by Crippen LogP contribution is -1.97. The lowest BCUT2D eigenvalue weighted by Gasteiger charge is -2.16. The molecule has 0 radical (unpaired) electrons. The Morgan fingerprint density at radius 1 is 0.467 bits per heavy atom. The summed E-state index contributed by atoms with van der Waals surface area (Å²) in [6.07, 6.45) is 0. The van der Waals surface area contributed by atoms with Gasteiger partial charge in [0.2, 0.25) is 0 Å². The molecule has 0 aliphatic rings. The Bertz CT molecular complexity index is 1410. The monoisotopic (exact) mass is 384 g/mol. The minimum atomic E-state index is 1.04. The largest absolute Gasteiger partial charge is 0.252 e. The number of aryl methyl sites for hydroxylation is 2. The minimum absolute atomic E-state index is 1.04. The summed E-state index contributed by atoms with van der Waals surface area (Å²) in [5.41, 5.74) is 8.94. The van der Waals surface area contributed by atoms with E-state index in [0.29, 0.717) is 0 Å². The fourth-order valence-electron chi connectivity index (χ4n) is 4.60. The van der Waals surface area contributed by atoms with E-state index in [0.717, 1.165) is 22.4 Å². The van der Waals surface area contributed by atoms with Crippen LogP contribution in [0.3, 0.4) is 0 Å². The smallest absolute Gasteiger partial charge is 0.0725 e. The van der Waals surface area contributed by atoms with Crippen molar-refractivity contribution in [1.82, 2.24) is 9.97 Å². The molecule has 2 heterocycles. The quantitative estimate of drug-likeness (QED) is 0.292.